The maximum atomic E-state index is 12.7. The predicted molar refractivity (Wildman–Crippen MR) is 105 cm³/mol. The van der Waals surface area contributed by atoms with Crippen LogP contribution < -0.4 is 10.5 Å². The Kier molecular flexibility index (Phi) is 4.77. The molecule has 0 amide bonds. The summed E-state index contributed by atoms with van der Waals surface area (Å²) in [6, 6.07) is 10.5. The lowest BCUT2D eigenvalue weighted by Crippen LogP contribution is -3.12. The number of aromatic nitrogens is 3. The van der Waals surface area contributed by atoms with Crippen LogP contribution in [-0.4, -0.2) is 21.3 Å². The minimum atomic E-state index is -0.290. The summed E-state index contributed by atoms with van der Waals surface area (Å²) in [5, 5.41) is 14.9. The summed E-state index contributed by atoms with van der Waals surface area (Å²) in [6.07, 6.45) is 3.35. The van der Waals surface area contributed by atoms with Gasteiger partial charge in [-0.3, -0.25) is 4.79 Å². The maximum Gasteiger partial charge on any atom is 0.289 e. The van der Waals surface area contributed by atoms with Gasteiger partial charge in [0.1, 0.15) is 17.7 Å². The molecule has 1 aliphatic heterocycles. The number of nitrogens with zero attached hydrogens (tertiary/aromatic N) is 4. The number of nitriles is 1. The molecule has 27 heavy (non-hydrogen) atoms. The van der Waals surface area contributed by atoms with Crippen LogP contribution in [0.3, 0.4) is 0 Å². The van der Waals surface area contributed by atoms with Crippen molar-refractivity contribution in [1.82, 2.24) is 14.8 Å². The van der Waals surface area contributed by atoms with Gasteiger partial charge >= 0.3 is 0 Å². The SMILES string of the molecule is Cc1nn(C[NH+]2CCCC[C@@H]2c2nc3ccccc3s2)c(=O)c(C#N)c1C. The molecule has 1 unspecified atom stereocenters. The molecule has 0 bridgehead atoms. The zero-order valence-electron chi connectivity index (χ0n) is 15.5. The van der Waals surface area contributed by atoms with Gasteiger partial charge < -0.3 is 4.90 Å². The Bertz CT molecular complexity index is 1060. The summed E-state index contributed by atoms with van der Waals surface area (Å²) in [4.78, 5) is 18.8. The van der Waals surface area contributed by atoms with Crippen molar-refractivity contribution in [2.45, 2.75) is 45.8 Å². The van der Waals surface area contributed by atoms with Gasteiger partial charge in [0.25, 0.3) is 5.56 Å². The van der Waals surface area contributed by atoms with Crippen molar-refractivity contribution >= 4 is 21.6 Å². The molecule has 1 fully saturated rings. The van der Waals surface area contributed by atoms with Crippen LogP contribution in [0.1, 0.15) is 47.1 Å². The third-order valence-corrected chi connectivity index (χ3v) is 6.59. The van der Waals surface area contributed by atoms with Crippen LogP contribution in [0, 0.1) is 25.2 Å². The minimum absolute atomic E-state index is 0.204. The Morgan fingerprint density at radius 3 is 2.93 bits per heavy atom. The van der Waals surface area contributed by atoms with Crippen LogP contribution in [0.25, 0.3) is 10.2 Å². The summed E-state index contributed by atoms with van der Waals surface area (Å²) in [7, 11) is 0. The fraction of sp³-hybridized carbons (Fsp3) is 0.400. The second-order valence-corrected chi connectivity index (χ2v) is 8.20. The van der Waals surface area contributed by atoms with E-state index in [1.54, 1.807) is 18.3 Å². The molecule has 0 aliphatic carbocycles. The number of benzene rings is 1. The fourth-order valence-electron chi connectivity index (χ4n) is 3.81. The van der Waals surface area contributed by atoms with Gasteiger partial charge in [0.2, 0.25) is 0 Å². The van der Waals surface area contributed by atoms with Crippen molar-refractivity contribution in [2.75, 3.05) is 6.54 Å². The Balaban J connectivity index is 1.69. The van der Waals surface area contributed by atoms with Gasteiger partial charge in [0.15, 0.2) is 11.7 Å². The molecule has 1 aliphatic rings. The first-order valence-electron chi connectivity index (χ1n) is 9.27. The molecule has 1 aromatic carbocycles. The molecule has 2 aromatic heterocycles. The molecule has 6 nitrogen and oxygen atoms in total. The molecule has 7 heteroatoms. The summed E-state index contributed by atoms with van der Waals surface area (Å²) in [6.45, 7) is 5.08. The predicted octanol–water partition coefficient (Wildman–Crippen LogP) is 2.11. The monoisotopic (exact) mass is 380 g/mol. The number of fused-ring (bicyclic) bond motifs is 1. The average molecular weight is 380 g/mol. The van der Waals surface area contributed by atoms with E-state index in [-0.39, 0.29) is 17.2 Å². The van der Waals surface area contributed by atoms with E-state index in [0.29, 0.717) is 12.2 Å². The molecule has 0 saturated carbocycles. The zero-order chi connectivity index (χ0) is 19.0. The normalized spacial score (nSPS) is 19.9. The molecule has 4 rings (SSSR count). The van der Waals surface area contributed by atoms with E-state index >= 15 is 0 Å². The van der Waals surface area contributed by atoms with Gasteiger partial charge in [-0.05, 0) is 44.4 Å². The molecule has 2 atom stereocenters. The number of aryl methyl sites for hydroxylation is 1. The number of hydrogen-bond donors (Lipinski definition) is 1. The summed E-state index contributed by atoms with van der Waals surface area (Å²) >= 11 is 1.74. The van der Waals surface area contributed by atoms with Crippen LogP contribution in [0.5, 0.6) is 0 Å². The number of para-hydroxylation sites is 1. The van der Waals surface area contributed by atoms with Crippen LogP contribution >= 0.6 is 11.3 Å². The molecule has 1 N–H and O–H groups in total. The summed E-state index contributed by atoms with van der Waals surface area (Å²) < 4.78 is 2.67. The molecule has 3 heterocycles. The van der Waals surface area contributed by atoms with E-state index in [1.165, 1.54) is 20.7 Å². The molecule has 0 radical (unpaired) electrons. The fourth-order valence-corrected chi connectivity index (χ4v) is 4.97. The quantitative estimate of drug-likeness (QED) is 0.755. The van der Waals surface area contributed by atoms with E-state index < -0.39 is 0 Å². The Morgan fingerprint density at radius 2 is 2.15 bits per heavy atom. The van der Waals surface area contributed by atoms with Crippen LogP contribution in [0.2, 0.25) is 0 Å². The third kappa shape index (κ3) is 3.27. The van der Waals surface area contributed by atoms with E-state index in [9.17, 15) is 10.1 Å². The molecular formula is C20H22N5OS+. The lowest BCUT2D eigenvalue weighted by Gasteiger charge is -2.31. The third-order valence-electron chi connectivity index (χ3n) is 5.44. The first kappa shape index (κ1) is 17.8. The molecule has 0 spiro atoms. The average Bonchev–Trinajstić information content (AvgIpc) is 3.11. The molecule has 1 saturated heterocycles. The Hall–Kier alpha value is -2.56. The highest BCUT2D eigenvalue weighted by Gasteiger charge is 2.31. The number of likely N-dealkylation sites (tertiary alicyclic amines) is 1. The number of quaternary nitrogens is 1. The van der Waals surface area contributed by atoms with Crippen molar-refractivity contribution in [3.05, 3.63) is 56.4 Å². The van der Waals surface area contributed by atoms with E-state index in [1.807, 2.05) is 31.2 Å². The van der Waals surface area contributed by atoms with E-state index in [2.05, 4.69) is 11.2 Å². The number of thiazole rings is 1. The minimum Gasteiger partial charge on any atom is -0.308 e. The first-order chi connectivity index (χ1) is 13.1. The van der Waals surface area contributed by atoms with Crippen LogP contribution in [-0.2, 0) is 6.67 Å². The van der Waals surface area contributed by atoms with E-state index in [0.717, 1.165) is 35.6 Å². The van der Waals surface area contributed by atoms with Crippen molar-refractivity contribution in [3.8, 4) is 6.07 Å². The highest BCUT2D eigenvalue weighted by Crippen LogP contribution is 2.28. The second kappa shape index (κ2) is 7.22. The van der Waals surface area contributed by atoms with Gasteiger partial charge in [-0.2, -0.15) is 15.0 Å². The highest BCUT2D eigenvalue weighted by molar-refractivity contribution is 7.18. The summed E-state index contributed by atoms with van der Waals surface area (Å²) in [5.41, 5.74) is 2.36. The number of nitrogens with one attached hydrogen (secondary N) is 1. The molecule has 138 valence electrons. The Morgan fingerprint density at radius 1 is 1.33 bits per heavy atom. The number of hydrogen-bond acceptors (Lipinski definition) is 5. The lowest BCUT2D eigenvalue weighted by atomic mass is 10.0. The molecule has 3 aromatic rings. The van der Waals surface area contributed by atoms with Gasteiger partial charge in [0.05, 0.1) is 22.5 Å². The van der Waals surface area contributed by atoms with E-state index in [4.69, 9.17) is 4.98 Å². The van der Waals surface area contributed by atoms with Crippen LogP contribution in [0.4, 0.5) is 0 Å². The summed E-state index contributed by atoms with van der Waals surface area (Å²) in [5.74, 6) is 0. The number of piperidine rings is 1. The maximum absolute atomic E-state index is 12.7. The van der Waals surface area contributed by atoms with Crippen molar-refractivity contribution in [2.24, 2.45) is 0 Å². The van der Waals surface area contributed by atoms with Gasteiger partial charge in [-0.15, -0.1) is 11.3 Å². The second-order valence-electron chi connectivity index (χ2n) is 7.14. The van der Waals surface area contributed by atoms with Crippen molar-refractivity contribution in [1.29, 1.82) is 5.26 Å². The smallest absolute Gasteiger partial charge is 0.289 e. The highest BCUT2D eigenvalue weighted by atomic mass is 32.1. The van der Waals surface area contributed by atoms with Crippen molar-refractivity contribution in [3.63, 3.8) is 0 Å². The van der Waals surface area contributed by atoms with Crippen LogP contribution in [0.15, 0.2) is 29.1 Å². The van der Waals surface area contributed by atoms with Gasteiger partial charge in [-0.1, -0.05) is 12.1 Å². The zero-order valence-corrected chi connectivity index (χ0v) is 16.3. The Labute approximate surface area is 161 Å². The first-order valence-corrected chi connectivity index (χ1v) is 10.1. The van der Waals surface area contributed by atoms with Gasteiger partial charge in [-0.25, -0.2) is 4.98 Å². The standard InChI is InChI=1S/C20H21N5OS/c1-13-14(2)23-25(20(26)15(13)11-21)12-24-10-6-5-8-17(24)19-22-16-7-3-4-9-18(16)27-19/h3-4,7,9,17H,5-6,8,10,12H2,1-2H3/p+1/t17-/m1/s1. The van der Waals surface area contributed by atoms with Gasteiger partial charge in [0, 0.05) is 6.42 Å². The molecular weight excluding hydrogens is 358 g/mol. The van der Waals surface area contributed by atoms with Crippen molar-refractivity contribution < 1.29 is 4.90 Å². The topological polar surface area (TPSA) is 76.0 Å². The number of rotatable bonds is 3. The lowest BCUT2D eigenvalue weighted by molar-refractivity contribution is -0.959. The largest absolute Gasteiger partial charge is 0.308 e.